The summed E-state index contributed by atoms with van der Waals surface area (Å²) >= 11 is 0. The van der Waals surface area contributed by atoms with Gasteiger partial charge in [0, 0.05) is 18.7 Å². The van der Waals surface area contributed by atoms with Crippen LogP contribution >= 0.6 is 0 Å². The number of piperidine rings is 1. The normalized spacial score (nSPS) is 16.8. The van der Waals surface area contributed by atoms with Gasteiger partial charge in [-0.3, -0.25) is 9.59 Å². The third kappa shape index (κ3) is 6.79. The Balaban J connectivity index is 1.49. The molecule has 3 N–H and O–H groups in total. The van der Waals surface area contributed by atoms with E-state index in [-0.39, 0.29) is 28.4 Å². The molecule has 2 aromatic rings. The Morgan fingerprint density at radius 1 is 1.15 bits per heavy atom. The lowest BCUT2D eigenvalue weighted by Gasteiger charge is -2.31. The van der Waals surface area contributed by atoms with Crippen molar-refractivity contribution in [3.05, 3.63) is 59.2 Å². The monoisotopic (exact) mass is 473 g/mol. The van der Waals surface area contributed by atoms with E-state index in [4.69, 9.17) is 9.92 Å². The van der Waals surface area contributed by atoms with Crippen LogP contribution in [0.1, 0.15) is 40.7 Å². The zero-order valence-corrected chi connectivity index (χ0v) is 19.9. The number of benzene rings is 2. The highest BCUT2D eigenvalue weighted by atomic mass is 32.2. The van der Waals surface area contributed by atoms with Crippen LogP contribution in [0, 0.1) is 19.8 Å². The molecular formula is C24H31N3O5S. The number of carbonyl (C=O) groups excluding carboxylic acids is 2. The molecule has 0 bridgehead atoms. The highest BCUT2D eigenvalue weighted by Gasteiger charge is 2.23. The quantitative estimate of drug-likeness (QED) is 0.426. The van der Waals surface area contributed by atoms with E-state index < -0.39 is 10.1 Å². The fourth-order valence-electron chi connectivity index (χ4n) is 3.91. The highest BCUT2D eigenvalue weighted by molar-refractivity contribution is 7.87. The molecule has 1 aliphatic rings. The van der Waals surface area contributed by atoms with Crippen molar-refractivity contribution in [3.63, 3.8) is 0 Å². The van der Waals surface area contributed by atoms with Crippen LogP contribution in [-0.4, -0.2) is 51.3 Å². The Morgan fingerprint density at radius 3 is 2.58 bits per heavy atom. The van der Waals surface area contributed by atoms with Crippen molar-refractivity contribution >= 4 is 21.9 Å². The molecule has 0 radical (unpaired) electrons. The molecule has 0 aliphatic carbocycles. The van der Waals surface area contributed by atoms with E-state index in [0.717, 1.165) is 37.9 Å². The maximum Gasteiger partial charge on any atom is 0.339 e. The molecule has 1 saturated heterocycles. The van der Waals surface area contributed by atoms with Gasteiger partial charge in [0.05, 0.1) is 5.92 Å². The number of carbonyl (C=O) groups is 2. The number of nitrogens with one attached hydrogen (secondary N) is 1. The van der Waals surface area contributed by atoms with E-state index in [1.807, 2.05) is 13.0 Å². The van der Waals surface area contributed by atoms with Gasteiger partial charge in [-0.2, -0.15) is 8.42 Å². The molecule has 2 amide bonds. The van der Waals surface area contributed by atoms with Gasteiger partial charge in [0.2, 0.25) is 5.91 Å². The number of aryl methyl sites for hydroxylation is 2. The smallest absolute Gasteiger partial charge is 0.339 e. The number of hydrogen-bond acceptors (Lipinski definition) is 6. The Bertz CT molecular complexity index is 1100. The van der Waals surface area contributed by atoms with E-state index in [2.05, 4.69) is 10.2 Å². The van der Waals surface area contributed by atoms with Crippen LogP contribution in [0.5, 0.6) is 5.75 Å². The average molecular weight is 474 g/mol. The van der Waals surface area contributed by atoms with Crippen LogP contribution in [0.25, 0.3) is 0 Å². The minimum atomic E-state index is -3.97. The number of amides is 2. The third-order valence-electron chi connectivity index (χ3n) is 5.78. The maximum atomic E-state index is 12.6. The van der Waals surface area contributed by atoms with Gasteiger partial charge in [0.15, 0.2) is 0 Å². The molecule has 178 valence electrons. The molecule has 1 unspecified atom stereocenters. The molecule has 1 heterocycles. The van der Waals surface area contributed by atoms with Crippen molar-refractivity contribution in [1.29, 1.82) is 0 Å². The van der Waals surface area contributed by atoms with Crippen LogP contribution in [0.15, 0.2) is 47.4 Å². The summed E-state index contributed by atoms with van der Waals surface area (Å²) < 4.78 is 30.5. The molecule has 0 saturated carbocycles. The van der Waals surface area contributed by atoms with Crippen molar-refractivity contribution in [1.82, 2.24) is 10.2 Å². The SMILES string of the molecule is Cc1ccc(C)c(S(=O)(=O)Oc2ccc(C(=O)NCCCN3CCCC(C(N)=O)C3)cc2)c1. The zero-order chi connectivity index (χ0) is 24.0. The second kappa shape index (κ2) is 10.8. The number of likely N-dealkylation sites (tertiary alicyclic amines) is 1. The van der Waals surface area contributed by atoms with Crippen molar-refractivity contribution in [2.75, 3.05) is 26.2 Å². The Kier molecular flexibility index (Phi) is 8.10. The first-order chi connectivity index (χ1) is 15.7. The third-order valence-corrected chi connectivity index (χ3v) is 7.17. The van der Waals surface area contributed by atoms with Crippen molar-refractivity contribution < 1.29 is 22.2 Å². The molecule has 2 aromatic carbocycles. The van der Waals surface area contributed by atoms with Crippen LogP contribution in [0.3, 0.4) is 0 Å². The fourth-order valence-corrected chi connectivity index (χ4v) is 5.15. The first-order valence-electron chi connectivity index (χ1n) is 11.1. The first-order valence-corrected chi connectivity index (χ1v) is 12.5. The summed E-state index contributed by atoms with van der Waals surface area (Å²) in [5.74, 6) is -0.441. The number of rotatable bonds is 9. The van der Waals surface area contributed by atoms with Crippen molar-refractivity contribution in [2.24, 2.45) is 11.7 Å². The van der Waals surface area contributed by atoms with Crippen LogP contribution in [-0.2, 0) is 14.9 Å². The Labute approximate surface area is 195 Å². The van der Waals surface area contributed by atoms with Crippen molar-refractivity contribution in [3.8, 4) is 5.75 Å². The summed E-state index contributed by atoms with van der Waals surface area (Å²) in [7, 11) is -3.97. The van der Waals surface area contributed by atoms with Crippen LogP contribution in [0.4, 0.5) is 0 Å². The Morgan fingerprint density at radius 2 is 1.88 bits per heavy atom. The molecule has 9 heteroatoms. The molecular weight excluding hydrogens is 442 g/mol. The van der Waals surface area contributed by atoms with E-state index in [1.165, 1.54) is 24.3 Å². The van der Waals surface area contributed by atoms with Gasteiger partial charge >= 0.3 is 10.1 Å². The average Bonchev–Trinajstić information content (AvgIpc) is 2.78. The number of hydrogen-bond donors (Lipinski definition) is 2. The highest BCUT2D eigenvalue weighted by Crippen LogP contribution is 2.23. The van der Waals surface area contributed by atoms with E-state index in [0.29, 0.717) is 24.2 Å². The minimum Gasteiger partial charge on any atom is -0.379 e. The predicted octanol–water partition coefficient (Wildman–Crippen LogP) is 2.39. The molecule has 3 rings (SSSR count). The molecule has 0 spiro atoms. The van der Waals surface area contributed by atoms with Gasteiger partial charge in [-0.05, 0) is 87.7 Å². The topological polar surface area (TPSA) is 119 Å². The summed E-state index contributed by atoms with van der Waals surface area (Å²) in [5.41, 5.74) is 7.25. The maximum absolute atomic E-state index is 12.6. The largest absolute Gasteiger partial charge is 0.379 e. The zero-order valence-electron chi connectivity index (χ0n) is 19.0. The Hall–Kier alpha value is -2.91. The van der Waals surface area contributed by atoms with E-state index in [9.17, 15) is 18.0 Å². The second-order valence-electron chi connectivity index (χ2n) is 8.48. The van der Waals surface area contributed by atoms with Gasteiger partial charge in [0.1, 0.15) is 10.6 Å². The summed E-state index contributed by atoms with van der Waals surface area (Å²) in [6.45, 7) is 6.42. The number of primary amides is 1. The summed E-state index contributed by atoms with van der Waals surface area (Å²) in [6, 6.07) is 11.2. The standard InChI is InChI=1S/C24H31N3O5S/c1-17-6-7-18(2)22(15-17)33(30,31)32-21-10-8-19(9-11-21)24(29)26-12-4-14-27-13-3-5-20(16-27)23(25)28/h6-11,15,20H,3-5,12-14,16H2,1-2H3,(H2,25,28)(H,26,29). The molecule has 33 heavy (non-hydrogen) atoms. The van der Waals surface area contributed by atoms with E-state index >= 15 is 0 Å². The molecule has 1 aliphatic heterocycles. The van der Waals surface area contributed by atoms with Gasteiger partial charge in [-0.1, -0.05) is 12.1 Å². The van der Waals surface area contributed by atoms with Gasteiger partial charge in [-0.25, -0.2) is 0 Å². The first kappa shape index (κ1) is 24.7. The lowest BCUT2D eigenvalue weighted by Crippen LogP contribution is -2.42. The minimum absolute atomic E-state index is 0.0901. The fraction of sp³-hybridized carbons (Fsp3) is 0.417. The number of nitrogens with two attached hydrogens (primary N) is 1. The molecule has 0 aromatic heterocycles. The molecule has 1 fully saturated rings. The summed E-state index contributed by atoms with van der Waals surface area (Å²) in [6.07, 6.45) is 2.55. The van der Waals surface area contributed by atoms with E-state index in [1.54, 1.807) is 19.1 Å². The summed E-state index contributed by atoms with van der Waals surface area (Å²) in [4.78, 5) is 26.1. The predicted molar refractivity (Wildman–Crippen MR) is 125 cm³/mol. The van der Waals surface area contributed by atoms with Crippen molar-refractivity contribution in [2.45, 2.75) is 38.0 Å². The van der Waals surface area contributed by atoms with Crippen LogP contribution < -0.4 is 15.2 Å². The van der Waals surface area contributed by atoms with Crippen LogP contribution in [0.2, 0.25) is 0 Å². The summed E-state index contributed by atoms with van der Waals surface area (Å²) in [5, 5.41) is 2.86. The van der Waals surface area contributed by atoms with Gasteiger partial charge in [-0.15, -0.1) is 0 Å². The number of nitrogens with zero attached hydrogens (tertiary/aromatic N) is 1. The molecule has 1 atom stereocenters. The molecule has 8 nitrogen and oxygen atoms in total. The lowest BCUT2D eigenvalue weighted by molar-refractivity contribution is -0.123. The van der Waals surface area contributed by atoms with Gasteiger partial charge in [0.25, 0.3) is 5.91 Å². The van der Waals surface area contributed by atoms with Gasteiger partial charge < -0.3 is 20.1 Å². The lowest BCUT2D eigenvalue weighted by atomic mass is 9.97. The second-order valence-corrected chi connectivity index (χ2v) is 10.00.